The molecular weight excluding hydrogens is 275 g/mol. The summed E-state index contributed by atoms with van der Waals surface area (Å²) in [6.07, 6.45) is 6.30. The summed E-state index contributed by atoms with van der Waals surface area (Å²) in [7, 11) is 0. The number of hydrogen-bond donors (Lipinski definition) is 0. The average molecular weight is 288 g/mol. The topological polar surface area (TPSA) is 27.7 Å². The van der Waals surface area contributed by atoms with Gasteiger partial charge in [-0.25, -0.2) is 4.57 Å². The predicted molar refractivity (Wildman–Crippen MR) is 46.3 cm³/mol. The van der Waals surface area contributed by atoms with E-state index in [4.69, 9.17) is 5.26 Å². The highest BCUT2D eigenvalue weighted by molar-refractivity contribution is 5.23. The van der Waals surface area contributed by atoms with Crippen molar-refractivity contribution in [2.45, 2.75) is 26.3 Å². The zero-order valence-corrected chi connectivity index (χ0v) is 9.86. The van der Waals surface area contributed by atoms with E-state index in [-0.39, 0.29) is 24.0 Å². The summed E-state index contributed by atoms with van der Waals surface area (Å²) in [6, 6.07) is 5.78. The van der Waals surface area contributed by atoms with E-state index in [1.165, 1.54) is 12.8 Å². The fourth-order valence-corrected chi connectivity index (χ4v) is 1.02. The number of nitrogens with zero attached hydrogens (tertiary/aromatic N) is 2. The first-order valence-electron chi connectivity index (χ1n) is 4.26. The van der Waals surface area contributed by atoms with Crippen LogP contribution in [0.5, 0.6) is 0 Å². The highest BCUT2D eigenvalue weighted by Gasteiger charge is 1.98. The Morgan fingerprint density at radius 3 is 2.46 bits per heavy atom. The van der Waals surface area contributed by atoms with Gasteiger partial charge >= 0.3 is 0 Å². The minimum atomic E-state index is 0. The van der Waals surface area contributed by atoms with Crippen molar-refractivity contribution < 1.29 is 28.5 Å². The van der Waals surface area contributed by atoms with Gasteiger partial charge in [-0.15, -0.1) is 0 Å². The van der Waals surface area contributed by atoms with E-state index in [9.17, 15) is 0 Å². The number of nitriles is 1. The summed E-state index contributed by atoms with van der Waals surface area (Å²) < 4.78 is 2.10. The van der Waals surface area contributed by atoms with E-state index in [0.29, 0.717) is 0 Å². The largest absolute Gasteiger partial charge is 1.00 e. The second kappa shape index (κ2) is 6.84. The van der Waals surface area contributed by atoms with E-state index < -0.39 is 0 Å². The van der Waals surface area contributed by atoms with Gasteiger partial charge in [0.05, 0.1) is 11.6 Å². The molecule has 0 unspecified atom stereocenters. The third-order valence-corrected chi connectivity index (χ3v) is 1.79. The van der Waals surface area contributed by atoms with Crippen LogP contribution in [-0.4, -0.2) is 0 Å². The maximum Gasteiger partial charge on any atom is 0.170 e. The van der Waals surface area contributed by atoms with Crippen LogP contribution in [0.2, 0.25) is 0 Å². The van der Waals surface area contributed by atoms with E-state index in [1.807, 2.05) is 24.5 Å². The molecular formula is C10H13IN2. The first-order valence-corrected chi connectivity index (χ1v) is 4.26. The molecule has 1 aromatic heterocycles. The van der Waals surface area contributed by atoms with E-state index in [2.05, 4.69) is 17.6 Å². The molecule has 1 rings (SSSR count). The highest BCUT2D eigenvalue weighted by Crippen LogP contribution is 1.92. The third-order valence-electron chi connectivity index (χ3n) is 1.79. The Balaban J connectivity index is 0.00000144. The Labute approximate surface area is 96.2 Å². The molecule has 1 aromatic rings. The Kier molecular flexibility index (Phi) is 6.51. The van der Waals surface area contributed by atoms with Gasteiger partial charge in [0.1, 0.15) is 6.54 Å². The van der Waals surface area contributed by atoms with Crippen molar-refractivity contribution >= 4 is 0 Å². The zero-order chi connectivity index (χ0) is 8.81. The average Bonchev–Trinajstić information content (AvgIpc) is 2.15. The summed E-state index contributed by atoms with van der Waals surface area (Å²) in [5, 5.41) is 8.55. The van der Waals surface area contributed by atoms with Crippen molar-refractivity contribution in [3.8, 4) is 6.07 Å². The van der Waals surface area contributed by atoms with Gasteiger partial charge in [-0.1, -0.05) is 13.3 Å². The van der Waals surface area contributed by atoms with Crippen molar-refractivity contribution in [1.82, 2.24) is 0 Å². The second-order valence-electron chi connectivity index (χ2n) is 2.79. The van der Waals surface area contributed by atoms with Crippen molar-refractivity contribution in [2.24, 2.45) is 0 Å². The van der Waals surface area contributed by atoms with Crippen LogP contribution >= 0.6 is 0 Å². The van der Waals surface area contributed by atoms with Crippen LogP contribution in [0.3, 0.4) is 0 Å². The Morgan fingerprint density at radius 2 is 2.00 bits per heavy atom. The number of aryl methyl sites for hydroxylation is 1. The van der Waals surface area contributed by atoms with Crippen LogP contribution < -0.4 is 28.5 Å². The lowest BCUT2D eigenvalue weighted by atomic mass is 10.3. The number of rotatable bonds is 3. The van der Waals surface area contributed by atoms with Gasteiger partial charge in [0, 0.05) is 18.6 Å². The number of hydrogen-bond acceptors (Lipinski definition) is 1. The normalized spacial score (nSPS) is 8.62. The Bertz CT molecular complexity index is 274. The second-order valence-corrected chi connectivity index (χ2v) is 2.79. The standard InChI is InChI=1S/C10H13N2.HI/c1-2-3-6-12-7-4-10(9-11)5-8-12;/h4-5,7-8H,2-3,6H2,1H3;1H/q+1;/p-1. The van der Waals surface area contributed by atoms with Gasteiger partial charge in [-0.05, 0) is 0 Å². The zero-order valence-electron chi connectivity index (χ0n) is 7.70. The summed E-state index contributed by atoms with van der Waals surface area (Å²) in [5.74, 6) is 0. The maximum atomic E-state index is 8.55. The molecule has 0 spiro atoms. The van der Waals surface area contributed by atoms with Gasteiger partial charge in [0.25, 0.3) is 0 Å². The molecule has 0 amide bonds. The summed E-state index contributed by atoms with van der Waals surface area (Å²) in [5.41, 5.74) is 0.725. The molecule has 2 nitrogen and oxygen atoms in total. The molecule has 1 heterocycles. The summed E-state index contributed by atoms with van der Waals surface area (Å²) >= 11 is 0. The lowest BCUT2D eigenvalue weighted by molar-refractivity contribution is -0.697. The molecule has 0 atom stereocenters. The van der Waals surface area contributed by atoms with Crippen molar-refractivity contribution in [3.63, 3.8) is 0 Å². The first kappa shape index (κ1) is 12.4. The smallest absolute Gasteiger partial charge is 0.170 e. The van der Waals surface area contributed by atoms with Gasteiger partial charge in [-0.2, -0.15) is 5.26 Å². The van der Waals surface area contributed by atoms with Crippen molar-refractivity contribution in [3.05, 3.63) is 30.1 Å². The number of aromatic nitrogens is 1. The van der Waals surface area contributed by atoms with E-state index in [1.54, 1.807) is 0 Å². The minimum Gasteiger partial charge on any atom is -1.00 e. The molecule has 0 fully saturated rings. The van der Waals surface area contributed by atoms with Crippen LogP contribution in [-0.2, 0) is 6.54 Å². The molecule has 3 heteroatoms. The third kappa shape index (κ3) is 4.23. The van der Waals surface area contributed by atoms with Crippen molar-refractivity contribution in [1.29, 1.82) is 5.26 Å². The van der Waals surface area contributed by atoms with Crippen LogP contribution in [0.15, 0.2) is 24.5 Å². The molecule has 0 aliphatic heterocycles. The van der Waals surface area contributed by atoms with Crippen LogP contribution in [0.1, 0.15) is 25.3 Å². The Morgan fingerprint density at radius 1 is 1.38 bits per heavy atom. The molecule has 0 aromatic carbocycles. The SMILES string of the molecule is CCCC[n+]1ccc(C#N)cc1.[I-]. The highest BCUT2D eigenvalue weighted by atomic mass is 127. The molecule has 0 bridgehead atoms. The van der Waals surface area contributed by atoms with Gasteiger partial charge in [-0.3, -0.25) is 0 Å². The summed E-state index contributed by atoms with van der Waals surface area (Å²) in [4.78, 5) is 0. The summed E-state index contributed by atoms with van der Waals surface area (Å²) in [6.45, 7) is 3.21. The van der Waals surface area contributed by atoms with Gasteiger partial charge in [0.15, 0.2) is 12.4 Å². The number of halogens is 1. The van der Waals surface area contributed by atoms with Gasteiger partial charge in [0.2, 0.25) is 0 Å². The number of unbranched alkanes of at least 4 members (excludes halogenated alkanes) is 1. The molecule has 13 heavy (non-hydrogen) atoms. The molecule has 0 saturated heterocycles. The molecule has 0 radical (unpaired) electrons. The van der Waals surface area contributed by atoms with E-state index >= 15 is 0 Å². The predicted octanol–water partition coefficient (Wildman–Crippen LogP) is -1.35. The molecule has 70 valence electrons. The molecule has 0 aliphatic carbocycles. The molecule has 0 N–H and O–H groups in total. The van der Waals surface area contributed by atoms with Crippen molar-refractivity contribution in [2.75, 3.05) is 0 Å². The lowest BCUT2D eigenvalue weighted by Crippen LogP contribution is -3.00. The first-order chi connectivity index (χ1) is 5.86. The molecule has 0 saturated carbocycles. The van der Waals surface area contributed by atoms with Crippen LogP contribution in [0, 0.1) is 11.3 Å². The fraction of sp³-hybridized carbons (Fsp3) is 0.400. The van der Waals surface area contributed by atoms with Gasteiger partial charge < -0.3 is 24.0 Å². The quantitative estimate of drug-likeness (QED) is 0.499. The fourth-order valence-electron chi connectivity index (χ4n) is 1.02. The lowest BCUT2D eigenvalue weighted by Gasteiger charge is -1.93. The Hall–Kier alpha value is -0.630. The monoisotopic (exact) mass is 288 g/mol. The molecule has 0 aliphatic rings. The maximum absolute atomic E-state index is 8.55. The number of pyridine rings is 1. The van der Waals surface area contributed by atoms with Crippen LogP contribution in [0.25, 0.3) is 0 Å². The van der Waals surface area contributed by atoms with Crippen LogP contribution in [0.4, 0.5) is 0 Å². The minimum absolute atomic E-state index is 0. The van der Waals surface area contributed by atoms with E-state index in [0.717, 1.165) is 12.1 Å².